The summed E-state index contributed by atoms with van der Waals surface area (Å²) in [5, 5.41) is 21.2. The van der Waals surface area contributed by atoms with Gasteiger partial charge in [0.25, 0.3) is 0 Å². The third kappa shape index (κ3) is 3.44. The van der Waals surface area contributed by atoms with Crippen LogP contribution in [0.2, 0.25) is 0 Å². The summed E-state index contributed by atoms with van der Waals surface area (Å²) in [6.45, 7) is 8.69. The lowest BCUT2D eigenvalue weighted by molar-refractivity contribution is -0.0520. The standard InChI is InChI=1S/C16H26N4O2S/c1-11-17-18-16(23-11)10-19-8-12-6-14(15(21)7-13(12)9-19)20-2-4-22-5-3-20/h12-15,21H,2-10H2,1H3/t12-,13+,14-,15-/m1/s1. The van der Waals surface area contributed by atoms with E-state index in [1.807, 2.05) is 6.92 Å². The van der Waals surface area contributed by atoms with Crippen LogP contribution in [0, 0.1) is 18.8 Å². The molecular formula is C16H26N4O2S. The van der Waals surface area contributed by atoms with Gasteiger partial charge in [0.15, 0.2) is 0 Å². The Hall–Kier alpha value is -0.600. The highest BCUT2D eigenvalue weighted by atomic mass is 32.1. The van der Waals surface area contributed by atoms with Crippen molar-refractivity contribution in [1.29, 1.82) is 0 Å². The van der Waals surface area contributed by atoms with Crippen LogP contribution in [0.5, 0.6) is 0 Å². The monoisotopic (exact) mass is 338 g/mol. The number of likely N-dealkylation sites (tertiary alicyclic amines) is 1. The van der Waals surface area contributed by atoms with Gasteiger partial charge in [-0.05, 0) is 31.6 Å². The number of rotatable bonds is 3. The fraction of sp³-hybridized carbons (Fsp3) is 0.875. The molecule has 3 aliphatic rings. The van der Waals surface area contributed by atoms with Crippen molar-refractivity contribution < 1.29 is 9.84 Å². The van der Waals surface area contributed by atoms with Gasteiger partial charge in [-0.2, -0.15) is 0 Å². The molecule has 6 nitrogen and oxygen atoms in total. The zero-order chi connectivity index (χ0) is 15.8. The van der Waals surface area contributed by atoms with Crippen LogP contribution < -0.4 is 0 Å². The van der Waals surface area contributed by atoms with Crippen molar-refractivity contribution >= 4 is 11.3 Å². The van der Waals surface area contributed by atoms with Gasteiger partial charge in [-0.25, -0.2) is 0 Å². The Kier molecular flexibility index (Phi) is 4.65. The molecule has 1 aliphatic carbocycles. The summed E-state index contributed by atoms with van der Waals surface area (Å²) in [7, 11) is 0. The van der Waals surface area contributed by atoms with Crippen LogP contribution >= 0.6 is 11.3 Å². The number of ether oxygens (including phenoxy) is 1. The molecular weight excluding hydrogens is 312 g/mol. The number of aliphatic hydroxyl groups excluding tert-OH is 1. The maximum atomic E-state index is 10.6. The quantitative estimate of drug-likeness (QED) is 0.878. The van der Waals surface area contributed by atoms with Crippen molar-refractivity contribution in [3.63, 3.8) is 0 Å². The number of hydrogen-bond acceptors (Lipinski definition) is 7. The molecule has 0 bridgehead atoms. The van der Waals surface area contributed by atoms with Crippen LogP contribution in [0.4, 0.5) is 0 Å². The zero-order valence-corrected chi connectivity index (χ0v) is 14.5. The molecule has 2 aliphatic heterocycles. The van der Waals surface area contributed by atoms with E-state index in [1.165, 1.54) is 0 Å². The average molecular weight is 338 g/mol. The summed E-state index contributed by atoms with van der Waals surface area (Å²) < 4.78 is 5.45. The minimum absolute atomic E-state index is 0.182. The average Bonchev–Trinajstić information content (AvgIpc) is 3.13. The second-order valence-corrected chi connectivity index (χ2v) is 8.45. The van der Waals surface area contributed by atoms with E-state index in [9.17, 15) is 5.11 Å². The molecule has 7 heteroatoms. The largest absolute Gasteiger partial charge is 0.391 e. The van der Waals surface area contributed by atoms with E-state index in [0.717, 1.165) is 68.8 Å². The predicted octanol–water partition coefficient (Wildman–Crippen LogP) is 0.750. The number of hydrogen-bond donors (Lipinski definition) is 1. The van der Waals surface area contributed by atoms with Gasteiger partial charge in [0.2, 0.25) is 0 Å². The van der Waals surface area contributed by atoms with Crippen LogP contribution in [0.3, 0.4) is 0 Å². The van der Waals surface area contributed by atoms with Gasteiger partial charge in [0, 0.05) is 32.2 Å². The van der Waals surface area contributed by atoms with E-state index in [4.69, 9.17) is 4.74 Å². The van der Waals surface area contributed by atoms with Crippen LogP contribution in [0.25, 0.3) is 0 Å². The Morgan fingerprint density at radius 2 is 1.91 bits per heavy atom. The van der Waals surface area contributed by atoms with Gasteiger partial charge in [-0.3, -0.25) is 9.80 Å². The second kappa shape index (κ2) is 6.72. The number of aliphatic hydroxyl groups is 1. The molecule has 1 aromatic rings. The maximum Gasteiger partial charge on any atom is 0.131 e. The van der Waals surface area contributed by atoms with Crippen LogP contribution in [0.15, 0.2) is 0 Å². The number of morpholine rings is 1. The van der Waals surface area contributed by atoms with Crippen molar-refractivity contribution in [3.8, 4) is 0 Å². The SMILES string of the molecule is Cc1nnc(CN2C[C@H]3C[C@@H](N4CCOCC4)[C@H](O)C[C@H]3C2)s1. The molecule has 128 valence electrons. The fourth-order valence-corrected chi connectivity index (χ4v) is 5.28. The maximum absolute atomic E-state index is 10.6. The number of nitrogens with zero attached hydrogens (tertiary/aromatic N) is 4. The molecule has 3 fully saturated rings. The summed E-state index contributed by atoms with van der Waals surface area (Å²) in [5.74, 6) is 1.34. The Bertz CT molecular complexity index is 534. The minimum atomic E-state index is -0.182. The molecule has 0 spiro atoms. The molecule has 4 rings (SSSR count). The Balaban J connectivity index is 1.37. The molecule has 1 N–H and O–H groups in total. The molecule has 0 radical (unpaired) electrons. The highest BCUT2D eigenvalue weighted by Crippen LogP contribution is 2.39. The van der Waals surface area contributed by atoms with Gasteiger partial charge in [0.1, 0.15) is 10.0 Å². The first kappa shape index (κ1) is 15.9. The minimum Gasteiger partial charge on any atom is -0.391 e. The molecule has 2 saturated heterocycles. The van der Waals surface area contributed by atoms with Crippen molar-refractivity contribution in [2.24, 2.45) is 11.8 Å². The molecule has 0 aromatic carbocycles. The molecule has 23 heavy (non-hydrogen) atoms. The molecule has 0 unspecified atom stereocenters. The van der Waals surface area contributed by atoms with E-state index >= 15 is 0 Å². The first-order valence-electron chi connectivity index (χ1n) is 8.70. The molecule has 3 heterocycles. The number of fused-ring (bicyclic) bond motifs is 1. The van der Waals surface area contributed by atoms with Crippen LogP contribution in [0.1, 0.15) is 22.9 Å². The summed E-state index contributed by atoms with van der Waals surface area (Å²) in [6.07, 6.45) is 1.88. The van der Waals surface area contributed by atoms with Gasteiger partial charge in [0.05, 0.1) is 25.9 Å². The lowest BCUT2D eigenvalue weighted by Crippen LogP contribution is -2.53. The lowest BCUT2D eigenvalue weighted by atomic mass is 9.77. The normalized spacial score (nSPS) is 36.3. The predicted molar refractivity (Wildman–Crippen MR) is 88.3 cm³/mol. The summed E-state index contributed by atoms with van der Waals surface area (Å²) in [5.41, 5.74) is 0. The van der Waals surface area contributed by atoms with Gasteiger partial charge >= 0.3 is 0 Å². The smallest absolute Gasteiger partial charge is 0.131 e. The molecule has 1 saturated carbocycles. The molecule has 0 amide bonds. The number of aromatic nitrogens is 2. The van der Waals surface area contributed by atoms with Gasteiger partial charge < -0.3 is 9.84 Å². The third-order valence-electron chi connectivity index (χ3n) is 5.63. The lowest BCUT2D eigenvalue weighted by Gasteiger charge is -2.43. The van der Waals surface area contributed by atoms with Crippen LogP contribution in [-0.4, -0.2) is 76.6 Å². The van der Waals surface area contributed by atoms with Gasteiger partial charge in [-0.15, -0.1) is 21.5 Å². The van der Waals surface area contributed by atoms with Gasteiger partial charge in [-0.1, -0.05) is 0 Å². The summed E-state index contributed by atoms with van der Waals surface area (Å²) >= 11 is 1.70. The van der Waals surface area contributed by atoms with Crippen molar-refractivity contribution in [2.75, 3.05) is 39.4 Å². The van der Waals surface area contributed by atoms with Crippen molar-refractivity contribution in [2.45, 2.75) is 38.5 Å². The topological polar surface area (TPSA) is 61.7 Å². The Morgan fingerprint density at radius 1 is 1.17 bits per heavy atom. The van der Waals surface area contributed by atoms with E-state index in [-0.39, 0.29) is 6.10 Å². The summed E-state index contributed by atoms with van der Waals surface area (Å²) in [4.78, 5) is 4.95. The Labute approximate surface area is 141 Å². The van der Waals surface area contributed by atoms with E-state index < -0.39 is 0 Å². The van der Waals surface area contributed by atoms with Crippen LogP contribution in [-0.2, 0) is 11.3 Å². The van der Waals surface area contributed by atoms with E-state index in [1.54, 1.807) is 11.3 Å². The third-order valence-corrected chi connectivity index (χ3v) is 6.45. The highest BCUT2D eigenvalue weighted by Gasteiger charge is 2.43. The fourth-order valence-electron chi connectivity index (χ4n) is 4.53. The second-order valence-electron chi connectivity index (χ2n) is 7.18. The first-order valence-corrected chi connectivity index (χ1v) is 9.52. The Morgan fingerprint density at radius 3 is 2.61 bits per heavy atom. The molecule has 4 atom stereocenters. The van der Waals surface area contributed by atoms with E-state index in [0.29, 0.717) is 17.9 Å². The summed E-state index contributed by atoms with van der Waals surface area (Å²) in [6, 6.07) is 0.323. The van der Waals surface area contributed by atoms with Crippen molar-refractivity contribution in [3.05, 3.63) is 10.0 Å². The highest BCUT2D eigenvalue weighted by molar-refractivity contribution is 7.11. The molecule has 1 aromatic heterocycles. The van der Waals surface area contributed by atoms with E-state index in [2.05, 4.69) is 20.0 Å². The first-order chi connectivity index (χ1) is 11.2. The van der Waals surface area contributed by atoms with Crippen molar-refractivity contribution in [1.82, 2.24) is 20.0 Å². The zero-order valence-electron chi connectivity index (χ0n) is 13.7. The number of aryl methyl sites for hydroxylation is 1.